The number of carbonyl (C=O) groups is 3. The molecule has 0 aromatic rings. The van der Waals surface area contributed by atoms with Crippen molar-refractivity contribution in [2.24, 2.45) is 0 Å². The summed E-state index contributed by atoms with van der Waals surface area (Å²) in [5, 5.41) is 11.0. The van der Waals surface area contributed by atoms with E-state index in [0.717, 1.165) is 25.9 Å². The fourth-order valence-corrected chi connectivity index (χ4v) is 2.68. The Morgan fingerprint density at radius 3 is 2.61 bits per heavy atom. The van der Waals surface area contributed by atoms with Gasteiger partial charge in [0.2, 0.25) is 12.3 Å². The molecule has 1 unspecified atom stereocenters. The van der Waals surface area contributed by atoms with Crippen LogP contribution in [-0.2, 0) is 14.4 Å². The predicted molar refractivity (Wildman–Crippen MR) is 68.4 cm³/mol. The summed E-state index contributed by atoms with van der Waals surface area (Å²) in [6.45, 7) is 1.67. The van der Waals surface area contributed by atoms with Crippen molar-refractivity contribution in [2.45, 2.75) is 25.3 Å². The summed E-state index contributed by atoms with van der Waals surface area (Å²) in [6, 6.07) is -0.864. The van der Waals surface area contributed by atoms with E-state index in [1.165, 1.54) is 11.8 Å². The number of nitrogens with one attached hydrogen (secondary N) is 1. The van der Waals surface area contributed by atoms with Crippen molar-refractivity contribution in [2.75, 3.05) is 24.6 Å². The maximum absolute atomic E-state index is 11.7. The number of likely N-dealkylation sites (tertiary alicyclic amines) is 1. The molecule has 1 atom stereocenters. The van der Waals surface area contributed by atoms with E-state index in [0.29, 0.717) is 24.3 Å². The molecular weight excluding hydrogens is 256 g/mol. The summed E-state index contributed by atoms with van der Waals surface area (Å²) >= 11 is 1.41. The summed E-state index contributed by atoms with van der Waals surface area (Å²) in [5.41, 5.74) is 0. The molecule has 1 heterocycles. The third-order valence-corrected chi connectivity index (χ3v) is 3.78. The van der Waals surface area contributed by atoms with Gasteiger partial charge in [0.25, 0.3) is 0 Å². The highest BCUT2D eigenvalue weighted by Gasteiger charge is 2.19. The minimum Gasteiger partial charge on any atom is -0.480 e. The van der Waals surface area contributed by atoms with Gasteiger partial charge in [-0.1, -0.05) is 0 Å². The van der Waals surface area contributed by atoms with Gasteiger partial charge in [-0.05, 0) is 25.0 Å². The molecule has 1 aliphatic heterocycles. The number of nitrogens with zero attached hydrogens (tertiary/aromatic N) is 1. The van der Waals surface area contributed by atoms with Crippen LogP contribution in [0, 0.1) is 0 Å². The Bertz CT molecular complexity index is 305. The van der Waals surface area contributed by atoms with E-state index >= 15 is 0 Å². The second kappa shape index (κ2) is 7.97. The van der Waals surface area contributed by atoms with Crippen LogP contribution in [0.4, 0.5) is 0 Å². The van der Waals surface area contributed by atoms with Crippen LogP contribution in [0.1, 0.15) is 19.3 Å². The van der Waals surface area contributed by atoms with Crippen molar-refractivity contribution in [1.82, 2.24) is 10.2 Å². The summed E-state index contributed by atoms with van der Waals surface area (Å²) in [6.07, 6.45) is 2.85. The minimum absolute atomic E-state index is 0.118. The van der Waals surface area contributed by atoms with E-state index in [2.05, 4.69) is 5.32 Å². The van der Waals surface area contributed by atoms with Gasteiger partial charge in [-0.3, -0.25) is 9.59 Å². The summed E-state index contributed by atoms with van der Waals surface area (Å²) in [7, 11) is 0. The fourth-order valence-electron chi connectivity index (χ4n) is 1.78. The molecule has 102 valence electrons. The number of hydrogen-bond acceptors (Lipinski definition) is 4. The quantitative estimate of drug-likeness (QED) is 0.478. The molecule has 7 heteroatoms. The Hall–Kier alpha value is -1.24. The summed E-state index contributed by atoms with van der Waals surface area (Å²) < 4.78 is 0. The Morgan fingerprint density at radius 1 is 1.39 bits per heavy atom. The number of thioether (sulfide) groups is 1. The molecule has 0 spiro atoms. The monoisotopic (exact) mass is 274 g/mol. The first-order valence-electron chi connectivity index (χ1n) is 5.93. The number of hydrogen-bond donors (Lipinski definition) is 2. The second-order valence-electron chi connectivity index (χ2n) is 4.10. The average molecular weight is 274 g/mol. The number of rotatable bonds is 8. The van der Waals surface area contributed by atoms with Crippen molar-refractivity contribution < 1.29 is 19.5 Å². The Morgan fingerprint density at radius 2 is 2.06 bits per heavy atom. The van der Waals surface area contributed by atoms with Crippen molar-refractivity contribution in [3.05, 3.63) is 0 Å². The van der Waals surface area contributed by atoms with E-state index in [4.69, 9.17) is 5.11 Å². The maximum atomic E-state index is 11.7. The normalized spacial score (nSPS) is 16.3. The smallest absolute Gasteiger partial charge is 0.326 e. The van der Waals surface area contributed by atoms with E-state index in [1.54, 1.807) is 0 Å². The minimum atomic E-state index is -1.05. The molecule has 2 amide bonds. The first kappa shape index (κ1) is 14.8. The number of aliphatic carboxylic acids is 1. The van der Waals surface area contributed by atoms with Crippen LogP contribution in [0.3, 0.4) is 0 Å². The van der Waals surface area contributed by atoms with E-state index < -0.39 is 12.0 Å². The maximum Gasteiger partial charge on any atom is 0.326 e. The molecule has 1 rings (SSSR count). The average Bonchev–Trinajstić information content (AvgIpc) is 2.86. The Labute approximate surface area is 110 Å². The van der Waals surface area contributed by atoms with Gasteiger partial charge < -0.3 is 15.3 Å². The molecular formula is C11H18N2O4S. The van der Waals surface area contributed by atoms with Crippen molar-refractivity contribution in [3.63, 3.8) is 0 Å². The van der Waals surface area contributed by atoms with Gasteiger partial charge in [-0.15, -0.1) is 0 Å². The lowest BCUT2D eigenvalue weighted by Crippen LogP contribution is -2.36. The van der Waals surface area contributed by atoms with E-state index in [1.807, 2.05) is 4.90 Å². The first-order valence-corrected chi connectivity index (χ1v) is 7.08. The number of carboxylic acids is 1. The lowest BCUT2D eigenvalue weighted by molar-refractivity contribution is -0.140. The molecule has 1 aliphatic rings. The molecule has 0 saturated carbocycles. The molecule has 0 aliphatic carbocycles. The SMILES string of the molecule is O=CNC(CCSCC(=O)N1CCCC1)C(=O)O. The van der Waals surface area contributed by atoms with Gasteiger partial charge in [-0.25, -0.2) is 4.79 Å². The first-order chi connectivity index (χ1) is 8.65. The molecule has 0 aromatic carbocycles. The van der Waals surface area contributed by atoms with Gasteiger partial charge >= 0.3 is 5.97 Å². The van der Waals surface area contributed by atoms with Crippen molar-refractivity contribution >= 4 is 30.0 Å². The second-order valence-corrected chi connectivity index (χ2v) is 5.21. The molecule has 0 aromatic heterocycles. The molecule has 6 nitrogen and oxygen atoms in total. The molecule has 2 N–H and O–H groups in total. The van der Waals surface area contributed by atoms with Gasteiger partial charge in [-0.2, -0.15) is 11.8 Å². The number of carbonyl (C=O) groups excluding carboxylic acids is 2. The predicted octanol–water partition coefficient (Wildman–Crippen LogP) is -0.0687. The van der Waals surface area contributed by atoms with Crippen LogP contribution in [-0.4, -0.2) is 58.9 Å². The zero-order valence-corrected chi connectivity index (χ0v) is 10.9. The molecule has 0 radical (unpaired) electrons. The highest BCUT2D eigenvalue weighted by atomic mass is 32.2. The topological polar surface area (TPSA) is 86.7 Å². The lowest BCUT2D eigenvalue weighted by atomic mass is 10.2. The van der Waals surface area contributed by atoms with Crippen LogP contribution in [0.2, 0.25) is 0 Å². The zero-order chi connectivity index (χ0) is 13.4. The van der Waals surface area contributed by atoms with Crippen LogP contribution < -0.4 is 5.32 Å². The summed E-state index contributed by atoms with van der Waals surface area (Å²) in [4.78, 5) is 34.4. The fraction of sp³-hybridized carbons (Fsp3) is 0.727. The Kier molecular flexibility index (Phi) is 6.56. The van der Waals surface area contributed by atoms with Gasteiger partial charge in [0, 0.05) is 13.1 Å². The van der Waals surface area contributed by atoms with Gasteiger partial charge in [0.05, 0.1) is 5.75 Å². The van der Waals surface area contributed by atoms with Gasteiger partial charge in [0.1, 0.15) is 6.04 Å². The van der Waals surface area contributed by atoms with Crippen molar-refractivity contribution in [3.8, 4) is 0 Å². The number of amides is 2. The van der Waals surface area contributed by atoms with Crippen LogP contribution in [0.15, 0.2) is 0 Å². The summed E-state index contributed by atoms with van der Waals surface area (Å²) in [5.74, 6) is -0.00792. The number of carboxylic acid groups (broad SMARTS) is 1. The molecule has 0 bridgehead atoms. The lowest BCUT2D eigenvalue weighted by Gasteiger charge is -2.15. The standard InChI is InChI=1S/C11H18N2O4S/c14-8-12-9(11(16)17)3-6-18-7-10(15)13-4-1-2-5-13/h8-9H,1-7H2,(H,12,14)(H,16,17). The highest BCUT2D eigenvalue weighted by molar-refractivity contribution is 7.99. The largest absolute Gasteiger partial charge is 0.480 e. The molecule has 18 heavy (non-hydrogen) atoms. The third kappa shape index (κ3) is 4.95. The van der Waals surface area contributed by atoms with Crippen LogP contribution in [0.25, 0.3) is 0 Å². The van der Waals surface area contributed by atoms with Crippen LogP contribution in [0.5, 0.6) is 0 Å². The van der Waals surface area contributed by atoms with Gasteiger partial charge in [0.15, 0.2) is 0 Å². The van der Waals surface area contributed by atoms with E-state index in [9.17, 15) is 14.4 Å². The Balaban J connectivity index is 2.14. The third-order valence-electron chi connectivity index (χ3n) is 2.80. The van der Waals surface area contributed by atoms with Crippen LogP contribution >= 0.6 is 11.8 Å². The zero-order valence-electron chi connectivity index (χ0n) is 10.1. The van der Waals surface area contributed by atoms with Crippen molar-refractivity contribution in [1.29, 1.82) is 0 Å². The van der Waals surface area contributed by atoms with E-state index in [-0.39, 0.29) is 5.91 Å². The molecule has 1 saturated heterocycles. The molecule has 1 fully saturated rings. The highest BCUT2D eigenvalue weighted by Crippen LogP contribution is 2.11.